The minimum atomic E-state index is -3.34. The van der Waals surface area contributed by atoms with Gasteiger partial charge < -0.3 is 5.32 Å². The average molecular weight is 357 g/mol. The van der Waals surface area contributed by atoms with Crippen molar-refractivity contribution in [3.05, 3.63) is 54.6 Å². The maximum Gasteiger partial charge on any atom is 0.248 e. The highest BCUT2D eigenvalue weighted by molar-refractivity contribution is 7.90. The second kappa shape index (κ2) is 6.81. The molecule has 9 heteroatoms. The Balaban J connectivity index is 1.69. The van der Waals surface area contributed by atoms with Gasteiger partial charge in [-0.25, -0.2) is 8.42 Å². The minimum Gasteiger partial charge on any atom is -0.324 e. The summed E-state index contributed by atoms with van der Waals surface area (Å²) in [4.78, 5) is 13.4. The lowest BCUT2D eigenvalue weighted by Crippen LogP contribution is -2.20. The number of sulfone groups is 1. The molecule has 8 nitrogen and oxygen atoms in total. The molecule has 0 unspecified atom stereocenters. The van der Waals surface area contributed by atoms with Crippen LogP contribution in [0, 0.1) is 0 Å². The van der Waals surface area contributed by atoms with Crippen molar-refractivity contribution in [1.29, 1.82) is 0 Å². The van der Waals surface area contributed by atoms with Crippen LogP contribution < -0.4 is 5.32 Å². The number of benzene rings is 2. The lowest BCUT2D eigenvalue weighted by molar-refractivity contribution is -0.117. The van der Waals surface area contributed by atoms with E-state index < -0.39 is 9.84 Å². The van der Waals surface area contributed by atoms with E-state index in [1.807, 2.05) is 30.3 Å². The average Bonchev–Trinajstić information content (AvgIpc) is 3.03. The van der Waals surface area contributed by atoms with Crippen molar-refractivity contribution in [2.45, 2.75) is 11.4 Å². The van der Waals surface area contributed by atoms with Crippen LogP contribution in [-0.2, 0) is 21.2 Å². The number of tetrazole rings is 1. The second-order valence-electron chi connectivity index (χ2n) is 5.36. The van der Waals surface area contributed by atoms with Crippen LogP contribution >= 0.6 is 0 Å². The second-order valence-corrected chi connectivity index (χ2v) is 7.37. The SMILES string of the molecule is CS(=O)(=O)c1cccc(NC(=O)Cn2nnc(-c3ccccc3)n2)c1. The first-order chi connectivity index (χ1) is 11.9. The Labute approximate surface area is 144 Å². The number of hydrogen-bond acceptors (Lipinski definition) is 6. The summed E-state index contributed by atoms with van der Waals surface area (Å²) >= 11 is 0. The Hall–Kier alpha value is -3.07. The first-order valence-electron chi connectivity index (χ1n) is 7.35. The fourth-order valence-corrected chi connectivity index (χ4v) is 2.81. The van der Waals surface area contributed by atoms with Crippen molar-refractivity contribution in [3.8, 4) is 11.4 Å². The van der Waals surface area contributed by atoms with Gasteiger partial charge in [0, 0.05) is 17.5 Å². The molecule has 1 N–H and O–H groups in total. The van der Waals surface area contributed by atoms with Crippen LogP contribution in [0.3, 0.4) is 0 Å². The van der Waals surface area contributed by atoms with Gasteiger partial charge >= 0.3 is 0 Å². The van der Waals surface area contributed by atoms with Crippen molar-refractivity contribution in [3.63, 3.8) is 0 Å². The fraction of sp³-hybridized carbons (Fsp3) is 0.125. The lowest BCUT2D eigenvalue weighted by atomic mass is 10.2. The molecule has 0 saturated carbocycles. The zero-order valence-electron chi connectivity index (χ0n) is 13.3. The van der Waals surface area contributed by atoms with Crippen LogP contribution in [0.15, 0.2) is 59.5 Å². The Morgan fingerprint density at radius 1 is 1.12 bits per heavy atom. The molecule has 0 spiro atoms. The van der Waals surface area contributed by atoms with E-state index in [2.05, 4.69) is 20.7 Å². The van der Waals surface area contributed by atoms with Gasteiger partial charge in [0.2, 0.25) is 11.7 Å². The standard InChI is InChI=1S/C16H15N5O3S/c1-25(23,24)14-9-5-8-13(10-14)17-15(22)11-21-19-16(18-20-21)12-6-3-2-4-7-12/h2-10H,11H2,1H3,(H,17,22). The molecular formula is C16H15N5O3S. The van der Waals surface area contributed by atoms with Gasteiger partial charge in [-0.3, -0.25) is 4.79 Å². The number of nitrogens with zero attached hydrogens (tertiary/aromatic N) is 4. The Kier molecular flexibility index (Phi) is 4.57. The number of aromatic nitrogens is 4. The summed E-state index contributed by atoms with van der Waals surface area (Å²) in [6.45, 7) is -0.136. The molecule has 0 fully saturated rings. The Morgan fingerprint density at radius 3 is 2.60 bits per heavy atom. The molecule has 0 saturated heterocycles. The smallest absolute Gasteiger partial charge is 0.248 e. The molecule has 0 atom stereocenters. The van der Waals surface area contributed by atoms with Gasteiger partial charge in [0.25, 0.3) is 0 Å². The maximum absolute atomic E-state index is 12.1. The summed E-state index contributed by atoms with van der Waals surface area (Å²) in [6.07, 6.45) is 1.11. The largest absolute Gasteiger partial charge is 0.324 e. The summed E-state index contributed by atoms with van der Waals surface area (Å²) in [7, 11) is -3.34. The van der Waals surface area contributed by atoms with Crippen LogP contribution in [0.1, 0.15) is 0 Å². The molecule has 3 rings (SSSR count). The number of anilines is 1. The van der Waals surface area contributed by atoms with Gasteiger partial charge in [0.1, 0.15) is 6.54 Å². The lowest BCUT2D eigenvalue weighted by Gasteiger charge is -2.06. The minimum absolute atomic E-state index is 0.135. The predicted octanol–water partition coefficient (Wildman–Crippen LogP) is 1.38. The monoisotopic (exact) mass is 357 g/mol. The molecule has 128 valence electrons. The zero-order chi connectivity index (χ0) is 17.9. The first kappa shape index (κ1) is 16.8. The molecule has 25 heavy (non-hydrogen) atoms. The number of carbonyl (C=O) groups is 1. The molecular weight excluding hydrogens is 342 g/mol. The summed E-state index contributed by atoms with van der Waals surface area (Å²) in [5.74, 6) is 0.0372. The molecule has 1 heterocycles. The molecule has 0 bridgehead atoms. The van der Waals surface area contributed by atoms with Crippen LogP contribution in [0.4, 0.5) is 5.69 Å². The highest BCUT2D eigenvalue weighted by atomic mass is 32.2. The van der Waals surface area contributed by atoms with Gasteiger partial charge in [-0.1, -0.05) is 36.4 Å². The molecule has 2 aromatic carbocycles. The predicted molar refractivity (Wildman–Crippen MR) is 91.4 cm³/mol. The van der Waals surface area contributed by atoms with Crippen molar-refractivity contribution in [1.82, 2.24) is 20.2 Å². The van der Waals surface area contributed by atoms with E-state index in [4.69, 9.17) is 0 Å². The molecule has 1 amide bonds. The van der Waals surface area contributed by atoms with Gasteiger partial charge in [-0.05, 0) is 23.4 Å². The summed E-state index contributed by atoms with van der Waals surface area (Å²) in [5, 5.41) is 14.5. The number of carbonyl (C=O) groups excluding carboxylic acids is 1. The topological polar surface area (TPSA) is 107 Å². The Morgan fingerprint density at radius 2 is 1.88 bits per heavy atom. The number of amides is 1. The molecule has 3 aromatic rings. The summed E-state index contributed by atoms with van der Waals surface area (Å²) in [6, 6.07) is 15.3. The quantitative estimate of drug-likeness (QED) is 0.739. The van der Waals surface area contributed by atoms with E-state index in [-0.39, 0.29) is 17.3 Å². The first-order valence-corrected chi connectivity index (χ1v) is 9.24. The molecule has 0 aliphatic heterocycles. The molecule has 0 aliphatic carbocycles. The van der Waals surface area contributed by atoms with E-state index in [9.17, 15) is 13.2 Å². The van der Waals surface area contributed by atoms with Crippen LogP contribution in [0.5, 0.6) is 0 Å². The zero-order valence-corrected chi connectivity index (χ0v) is 14.1. The van der Waals surface area contributed by atoms with Crippen molar-refractivity contribution in [2.24, 2.45) is 0 Å². The van der Waals surface area contributed by atoms with Crippen LogP contribution in [0.25, 0.3) is 11.4 Å². The summed E-state index contributed by atoms with van der Waals surface area (Å²) in [5.41, 5.74) is 1.19. The third kappa shape index (κ3) is 4.27. The van der Waals surface area contributed by atoms with E-state index in [0.29, 0.717) is 11.5 Å². The molecule has 1 aromatic heterocycles. The van der Waals surface area contributed by atoms with Gasteiger partial charge in [-0.2, -0.15) is 4.80 Å². The molecule has 0 aliphatic rings. The van der Waals surface area contributed by atoms with E-state index in [1.165, 1.54) is 16.9 Å². The number of hydrogen-bond donors (Lipinski definition) is 1. The highest BCUT2D eigenvalue weighted by Gasteiger charge is 2.11. The van der Waals surface area contributed by atoms with Gasteiger partial charge in [0.15, 0.2) is 9.84 Å². The van der Waals surface area contributed by atoms with Crippen molar-refractivity contribution >= 4 is 21.4 Å². The summed E-state index contributed by atoms with van der Waals surface area (Å²) < 4.78 is 23.1. The normalized spacial score (nSPS) is 11.2. The number of rotatable bonds is 5. The van der Waals surface area contributed by atoms with E-state index >= 15 is 0 Å². The van der Waals surface area contributed by atoms with Crippen molar-refractivity contribution in [2.75, 3.05) is 11.6 Å². The van der Waals surface area contributed by atoms with Gasteiger partial charge in [-0.15, -0.1) is 10.2 Å². The van der Waals surface area contributed by atoms with Crippen molar-refractivity contribution < 1.29 is 13.2 Å². The highest BCUT2D eigenvalue weighted by Crippen LogP contribution is 2.15. The van der Waals surface area contributed by atoms with Crippen LogP contribution in [-0.4, -0.2) is 40.8 Å². The van der Waals surface area contributed by atoms with Gasteiger partial charge in [0.05, 0.1) is 4.90 Å². The Bertz CT molecular complexity index is 999. The number of nitrogens with one attached hydrogen (secondary N) is 1. The van der Waals surface area contributed by atoms with E-state index in [0.717, 1.165) is 11.8 Å². The van der Waals surface area contributed by atoms with E-state index in [1.54, 1.807) is 12.1 Å². The third-order valence-electron chi connectivity index (χ3n) is 3.32. The maximum atomic E-state index is 12.1. The third-order valence-corrected chi connectivity index (χ3v) is 4.43. The fourth-order valence-electron chi connectivity index (χ4n) is 2.15. The molecule has 0 radical (unpaired) electrons. The van der Waals surface area contributed by atoms with Crippen LogP contribution in [0.2, 0.25) is 0 Å².